The van der Waals surface area contributed by atoms with Crippen molar-refractivity contribution in [3.05, 3.63) is 59.4 Å². The van der Waals surface area contributed by atoms with Crippen LogP contribution in [0, 0.1) is 29.1 Å². The summed E-state index contributed by atoms with van der Waals surface area (Å²) in [6.07, 6.45) is 0. The summed E-state index contributed by atoms with van der Waals surface area (Å²) in [6, 6.07) is 4.58. The second kappa shape index (κ2) is 6.42. The number of nitrogens with one attached hydrogen (secondary N) is 2. The van der Waals surface area contributed by atoms with Crippen LogP contribution in [0.2, 0.25) is 0 Å². The fraction of sp³-hybridized carbons (Fsp3) is 0.0714. The van der Waals surface area contributed by atoms with Crippen LogP contribution in [0.15, 0.2) is 30.3 Å². The molecule has 0 atom stereocenters. The predicted molar refractivity (Wildman–Crippen MR) is 69.8 cm³/mol. The quantitative estimate of drug-likeness (QED) is 0.670. The average molecular weight is 316 g/mol. The zero-order chi connectivity index (χ0) is 16.3. The van der Waals surface area contributed by atoms with Crippen LogP contribution >= 0.6 is 0 Å². The summed E-state index contributed by atoms with van der Waals surface area (Å²) in [4.78, 5) is 11.6. The first kappa shape index (κ1) is 15.7. The number of benzene rings is 2. The Morgan fingerprint density at radius 3 is 2.14 bits per heavy atom. The number of amides is 1. The van der Waals surface area contributed by atoms with Crippen molar-refractivity contribution >= 4 is 17.3 Å². The zero-order valence-corrected chi connectivity index (χ0v) is 10.9. The number of anilines is 2. The largest absolute Gasteiger partial charge is 0.371 e. The highest BCUT2D eigenvalue weighted by molar-refractivity contribution is 5.93. The van der Waals surface area contributed by atoms with Crippen LogP contribution in [0.1, 0.15) is 0 Å². The van der Waals surface area contributed by atoms with Crippen molar-refractivity contribution in [1.82, 2.24) is 0 Å². The van der Waals surface area contributed by atoms with Crippen LogP contribution in [0.4, 0.5) is 33.3 Å². The molecule has 0 aromatic heterocycles. The topological polar surface area (TPSA) is 41.1 Å². The summed E-state index contributed by atoms with van der Waals surface area (Å²) in [5, 5.41) is 4.15. The molecule has 8 heteroatoms. The second-order valence-electron chi connectivity index (χ2n) is 4.22. The van der Waals surface area contributed by atoms with Gasteiger partial charge in [0, 0.05) is 0 Å². The van der Waals surface area contributed by atoms with E-state index in [4.69, 9.17) is 0 Å². The van der Waals surface area contributed by atoms with Crippen molar-refractivity contribution in [2.75, 3.05) is 17.2 Å². The Morgan fingerprint density at radius 1 is 0.864 bits per heavy atom. The van der Waals surface area contributed by atoms with E-state index in [9.17, 15) is 26.7 Å². The molecule has 0 aliphatic rings. The van der Waals surface area contributed by atoms with Gasteiger partial charge < -0.3 is 10.6 Å². The smallest absolute Gasteiger partial charge is 0.243 e. The highest BCUT2D eigenvalue weighted by atomic mass is 19.2. The van der Waals surface area contributed by atoms with Crippen molar-refractivity contribution < 1.29 is 26.7 Å². The molecule has 22 heavy (non-hydrogen) atoms. The maximum Gasteiger partial charge on any atom is 0.243 e. The molecule has 0 saturated heterocycles. The highest BCUT2D eigenvalue weighted by Crippen LogP contribution is 2.20. The minimum atomic E-state index is -1.73. The van der Waals surface area contributed by atoms with Gasteiger partial charge >= 0.3 is 0 Å². The van der Waals surface area contributed by atoms with Crippen molar-refractivity contribution in [2.45, 2.75) is 0 Å². The van der Waals surface area contributed by atoms with Crippen molar-refractivity contribution in [3.63, 3.8) is 0 Å². The Labute approximate surface area is 121 Å². The molecule has 0 bridgehead atoms. The highest BCUT2D eigenvalue weighted by Gasteiger charge is 2.16. The number of carbonyl (C=O) groups excluding carboxylic acids is 1. The van der Waals surface area contributed by atoms with Crippen LogP contribution in [0.25, 0.3) is 0 Å². The number of rotatable bonds is 4. The molecule has 1 amide bonds. The molecule has 2 aromatic rings. The molecule has 0 aliphatic carbocycles. The molecule has 2 rings (SSSR count). The molecular formula is C14H9F5N2O. The van der Waals surface area contributed by atoms with E-state index < -0.39 is 52.9 Å². The lowest BCUT2D eigenvalue weighted by atomic mass is 10.2. The Kier molecular flexibility index (Phi) is 4.59. The predicted octanol–water partition coefficient (Wildman–Crippen LogP) is 3.43. The Hall–Kier alpha value is -2.64. The van der Waals surface area contributed by atoms with Crippen LogP contribution in [-0.4, -0.2) is 12.5 Å². The van der Waals surface area contributed by atoms with Crippen LogP contribution in [0.3, 0.4) is 0 Å². The van der Waals surface area contributed by atoms with Gasteiger partial charge in [0.25, 0.3) is 0 Å². The fourth-order valence-corrected chi connectivity index (χ4v) is 1.65. The first-order valence-electron chi connectivity index (χ1n) is 6.01. The lowest BCUT2D eigenvalue weighted by Gasteiger charge is -2.10. The van der Waals surface area contributed by atoms with E-state index in [2.05, 4.69) is 5.32 Å². The summed E-state index contributed by atoms with van der Waals surface area (Å²) >= 11 is 0. The normalized spacial score (nSPS) is 10.4. The number of para-hydroxylation sites is 1. The molecule has 0 saturated carbocycles. The summed E-state index contributed by atoms with van der Waals surface area (Å²) in [6.45, 7) is -0.601. The van der Waals surface area contributed by atoms with Gasteiger partial charge in [-0.25, -0.2) is 22.0 Å². The summed E-state index contributed by atoms with van der Waals surface area (Å²) in [5.41, 5.74) is -1.11. The van der Waals surface area contributed by atoms with Gasteiger partial charge in [-0.2, -0.15) is 0 Å². The lowest BCUT2D eigenvalue weighted by Crippen LogP contribution is -2.23. The van der Waals surface area contributed by atoms with Gasteiger partial charge in [-0.05, 0) is 24.3 Å². The maximum absolute atomic E-state index is 13.3. The zero-order valence-electron chi connectivity index (χ0n) is 10.9. The van der Waals surface area contributed by atoms with Crippen LogP contribution in [0.5, 0.6) is 0 Å². The molecule has 0 unspecified atom stereocenters. The van der Waals surface area contributed by atoms with Crippen LogP contribution < -0.4 is 10.6 Å². The van der Waals surface area contributed by atoms with E-state index >= 15 is 0 Å². The minimum absolute atomic E-state index is 0.525. The Morgan fingerprint density at radius 2 is 1.50 bits per heavy atom. The van der Waals surface area contributed by atoms with Crippen LogP contribution in [-0.2, 0) is 4.79 Å². The number of carbonyl (C=O) groups is 1. The molecule has 0 aliphatic heterocycles. The molecule has 0 heterocycles. The maximum atomic E-state index is 13.3. The van der Waals surface area contributed by atoms with Crippen molar-refractivity contribution in [1.29, 1.82) is 0 Å². The van der Waals surface area contributed by atoms with Gasteiger partial charge in [0.15, 0.2) is 17.5 Å². The van der Waals surface area contributed by atoms with Gasteiger partial charge in [-0.15, -0.1) is 0 Å². The fourth-order valence-electron chi connectivity index (χ4n) is 1.65. The van der Waals surface area contributed by atoms with Crippen molar-refractivity contribution in [2.24, 2.45) is 0 Å². The molecular weight excluding hydrogens is 307 g/mol. The van der Waals surface area contributed by atoms with E-state index in [1.165, 1.54) is 0 Å². The van der Waals surface area contributed by atoms with E-state index in [1.807, 2.05) is 5.32 Å². The Balaban J connectivity index is 2.04. The third-order valence-corrected chi connectivity index (χ3v) is 2.70. The van der Waals surface area contributed by atoms with Gasteiger partial charge in [-0.1, -0.05) is 6.07 Å². The molecule has 2 aromatic carbocycles. The first-order chi connectivity index (χ1) is 10.4. The minimum Gasteiger partial charge on any atom is -0.371 e. The molecule has 116 valence electrons. The summed E-state index contributed by atoms with van der Waals surface area (Å²) < 4.78 is 65.7. The molecule has 0 fully saturated rings. The third-order valence-electron chi connectivity index (χ3n) is 2.70. The molecule has 0 spiro atoms. The first-order valence-corrected chi connectivity index (χ1v) is 6.01. The number of hydrogen-bond donors (Lipinski definition) is 2. The Bertz CT molecular complexity index is 700. The third kappa shape index (κ3) is 3.33. The van der Waals surface area contributed by atoms with Crippen molar-refractivity contribution in [3.8, 4) is 0 Å². The second-order valence-corrected chi connectivity index (χ2v) is 4.22. The monoisotopic (exact) mass is 316 g/mol. The summed E-state index contributed by atoms with van der Waals surface area (Å²) in [7, 11) is 0. The average Bonchev–Trinajstić information content (AvgIpc) is 2.47. The van der Waals surface area contributed by atoms with Gasteiger partial charge in [0.1, 0.15) is 17.3 Å². The van der Waals surface area contributed by atoms with Gasteiger partial charge in [-0.3, -0.25) is 4.79 Å². The molecule has 2 N–H and O–H groups in total. The van der Waals surface area contributed by atoms with E-state index in [1.54, 1.807) is 0 Å². The molecule has 3 nitrogen and oxygen atoms in total. The number of hydrogen-bond acceptors (Lipinski definition) is 2. The summed E-state index contributed by atoms with van der Waals surface area (Å²) in [5.74, 6) is -7.41. The van der Waals surface area contributed by atoms with E-state index in [0.29, 0.717) is 6.07 Å². The molecule has 0 radical (unpaired) electrons. The number of halogens is 5. The lowest BCUT2D eigenvalue weighted by molar-refractivity contribution is -0.114. The van der Waals surface area contributed by atoms with Gasteiger partial charge in [0.05, 0.1) is 12.2 Å². The van der Waals surface area contributed by atoms with E-state index in [0.717, 1.165) is 24.3 Å². The van der Waals surface area contributed by atoms with E-state index in [-0.39, 0.29) is 0 Å². The van der Waals surface area contributed by atoms with Gasteiger partial charge in [0.2, 0.25) is 5.91 Å². The standard InChI is InChI=1S/C14H9F5N2O/c15-7-4-5-10(13(19)12(7)18)21-11(22)6-20-14-8(16)2-1-3-9(14)17/h1-5,20H,6H2,(H,21,22). The SMILES string of the molecule is O=C(CNc1c(F)cccc1F)Nc1ccc(F)c(F)c1F.